The van der Waals surface area contributed by atoms with Crippen molar-refractivity contribution in [3.05, 3.63) is 28.6 Å². The van der Waals surface area contributed by atoms with Crippen LogP contribution in [-0.2, 0) is 10.0 Å². The van der Waals surface area contributed by atoms with Gasteiger partial charge in [-0.2, -0.15) is 4.31 Å². The van der Waals surface area contributed by atoms with Crippen molar-refractivity contribution in [2.24, 2.45) is 0 Å². The average Bonchev–Trinajstić information content (AvgIpc) is 2.59. The maximum absolute atomic E-state index is 12.5. The van der Waals surface area contributed by atoms with Gasteiger partial charge in [0.15, 0.2) is 0 Å². The van der Waals surface area contributed by atoms with Crippen molar-refractivity contribution in [2.75, 3.05) is 6.54 Å². The van der Waals surface area contributed by atoms with Crippen LogP contribution in [-0.4, -0.2) is 24.8 Å². The van der Waals surface area contributed by atoms with Crippen molar-refractivity contribution in [2.45, 2.75) is 30.5 Å². The lowest BCUT2D eigenvalue weighted by Gasteiger charge is -2.33. The molecular formula is C11H16BrNO2S2. The van der Waals surface area contributed by atoms with Gasteiger partial charge in [-0.1, -0.05) is 6.08 Å². The van der Waals surface area contributed by atoms with Crippen LogP contribution in [0.25, 0.3) is 0 Å². The molecule has 0 N–H and O–H groups in total. The van der Waals surface area contributed by atoms with Crippen molar-refractivity contribution in [3.63, 3.8) is 0 Å². The molecule has 0 bridgehead atoms. The zero-order valence-electron chi connectivity index (χ0n) is 10.1. The number of thiophene rings is 1. The van der Waals surface area contributed by atoms with Gasteiger partial charge in [-0.3, -0.25) is 0 Å². The van der Waals surface area contributed by atoms with Crippen LogP contribution >= 0.6 is 27.3 Å². The normalized spacial score (nSPS) is 13.0. The number of hydrogen-bond acceptors (Lipinski definition) is 3. The van der Waals surface area contributed by atoms with Crippen LogP contribution in [0.2, 0.25) is 0 Å². The Balaban J connectivity index is 3.22. The van der Waals surface area contributed by atoms with E-state index in [1.807, 2.05) is 20.8 Å². The van der Waals surface area contributed by atoms with Gasteiger partial charge >= 0.3 is 0 Å². The predicted molar refractivity (Wildman–Crippen MR) is 75.9 cm³/mol. The first-order chi connectivity index (χ1) is 7.69. The van der Waals surface area contributed by atoms with Crippen molar-refractivity contribution in [1.29, 1.82) is 0 Å². The zero-order chi connectivity index (χ0) is 13.3. The summed E-state index contributed by atoms with van der Waals surface area (Å²) in [5.74, 6) is 0. The SMILES string of the molecule is C=CCN(C(C)(C)C)S(=O)(=O)c1ccc(Br)s1. The molecule has 0 aromatic carbocycles. The van der Waals surface area contributed by atoms with Crippen LogP contribution in [0.4, 0.5) is 0 Å². The van der Waals surface area contributed by atoms with Crippen molar-refractivity contribution in [3.8, 4) is 0 Å². The van der Waals surface area contributed by atoms with Crippen LogP contribution in [0.1, 0.15) is 20.8 Å². The molecule has 0 radical (unpaired) electrons. The Morgan fingerprint density at radius 2 is 2.06 bits per heavy atom. The third-order valence-electron chi connectivity index (χ3n) is 2.14. The second-order valence-electron chi connectivity index (χ2n) is 4.55. The third-order valence-corrected chi connectivity index (χ3v) is 6.36. The molecule has 0 aliphatic carbocycles. The molecule has 17 heavy (non-hydrogen) atoms. The molecule has 0 aliphatic heterocycles. The summed E-state index contributed by atoms with van der Waals surface area (Å²) in [7, 11) is -3.45. The van der Waals surface area contributed by atoms with E-state index >= 15 is 0 Å². The Labute approximate surface area is 115 Å². The molecular weight excluding hydrogens is 322 g/mol. The molecule has 1 heterocycles. The van der Waals surface area contributed by atoms with Crippen LogP contribution in [0, 0.1) is 0 Å². The Morgan fingerprint density at radius 1 is 1.47 bits per heavy atom. The van der Waals surface area contributed by atoms with Crippen LogP contribution in [0.3, 0.4) is 0 Å². The molecule has 96 valence electrons. The van der Waals surface area contributed by atoms with Crippen LogP contribution in [0.5, 0.6) is 0 Å². The van der Waals surface area contributed by atoms with Gasteiger partial charge in [-0.15, -0.1) is 17.9 Å². The molecule has 0 amide bonds. The van der Waals surface area contributed by atoms with E-state index in [1.165, 1.54) is 15.6 Å². The Morgan fingerprint density at radius 3 is 2.41 bits per heavy atom. The van der Waals surface area contributed by atoms with Gasteiger partial charge in [0, 0.05) is 12.1 Å². The van der Waals surface area contributed by atoms with Crippen LogP contribution < -0.4 is 0 Å². The van der Waals surface area contributed by atoms with E-state index in [0.29, 0.717) is 10.8 Å². The molecule has 0 saturated heterocycles. The molecule has 0 atom stereocenters. The van der Waals surface area contributed by atoms with E-state index in [1.54, 1.807) is 18.2 Å². The average molecular weight is 338 g/mol. The maximum Gasteiger partial charge on any atom is 0.253 e. The molecule has 1 aromatic heterocycles. The minimum atomic E-state index is -3.45. The highest BCUT2D eigenvalue weighted by Crippen LogP contribution is 2.31. The summed E-state index contributed by atoms with van der Waals surface area (Å²) < 4.78 is 27.5. The summed E-state index contributed by atoms with van der Waals surface area (Å²) in [6.45, 7) is 9.54. The zero-order valence-corrected chi connectivity index (χ0v) is 13.3. The van der Waals surface area contributed by atoms with E-state index in [-0.39, 0.29) is 0 Å². The molecule has 0 fully saturated rings. The molecule has 6 heteroatoms. The smallest absolute Gasteiger partial charge is 0.206 e. The molecule has 3 nitrogen and oxygen atoms in total. The minimum Gasteiger partial charge on any atom is -0.206 e. The van der Waals surface area contributed by atoms with Crippen molar-refractivity contribution < 1.29 is 8.42 Å². The Bertz CT molecular complexity index is 500. The fourth-order valence-electron chi connectivity index (χ4n) is 1.39. The summed E-state index contributed by atoms with van der Waals surface area (Å²) in [6, 6.07) is 3.36. The summed E-state index contributed by atoms with van der Waals surface area (Å²) in [5.41, 5.74) is -0.469. The minimum absolute atomic E-state index is 0.307. The number of rotatable bonds is 4. The van der Waals surface area contributed by atoms with Gasteiger partial charge in [0.2, 0.25) is 0 Å². The lowest BCUT2D eigenvalue weighted by atomic mass is 10.1. The predicted octanol–water partition coefficient (Wildman–Crippen LogP) is 3.49. The Hall–Kier alpha value is -0.170. The van der Waals surface area contributed by atoms with Gasteiger partial charge in [-0.25, -0.2) is 8.42 Å². The van der Waals surface area contributed by atoms with Gasteiger partial charge in [0.1, 0.15) is 4.21 Å². The topological polar surface area (TPSA) is 37.4 Å². The van der Waals surface area contributed by atoms with E-state index in [9.17, 15) is 8.42 Å². The lowest BCUT2D eigenvalue weighted by molar-refractivity contribution is 0.270. The number of halogens is 1. The van der Waals surface area contributed by atoms with Gasteiger partial charge in [-0.05, 0) is 48.8 Å². The maximum atomic E-state index is 12.5. The fourth-order valence-corrected chi connectivity index (χ4v) is 5.28. The van der Waals surface area contributed by atoms with E-state index in [4.69, 9.17) is 0 Å². The quantitative estimate of drug-likeness (QED) is 0.788. The van der Waals surface area contributed by atoms with Gasteiger partial charge < -0.3 is 0 Å². The van der Waals surface area contributed by atoms with E-state index in [0.717, 1.165) is 3.79 Å². The van der Waals surface area contributed by atoms with Gasteiger partial charge in [0.25, 0.3) is 10.0 Å². The molecule has 1 rings (SSSR count). The number of hydrogen-bond donors (Lipinski definition) is 0. The molecule has 1 aromatic rings. The highest BCUT2D eigenvalue weighted by Gasteiger charge is 2.33. The van der Waals surface area contributed by atoms with Gasteiger partial charge in [0.05, 0.1) is 3.79 Å². The first-order valence-electron chi connectivity index (χ1n) is 5.08. The largest absolute Gasteiger partial charge is 0.253 e. The number of nitrogens with zero attached hydrogens (tertiary/aromatic N) is 1. The molecule has 0 spiro atoms. The standard InChI is InChI=1S/C11H16BrNO2S2/c1-5-8-13(11(2,3)4)17(14,15)10-7-6-9(12)16-10/h5-7H,1,8H2,2-4H3. The van der Waals surface area contributed by atoms with E-state index < -0.39 is 15.6 Å². The van der Waals surface area contributed by atoms with Crippen molar-refractivity contribution in [1.82, 2.24) is 4.31 Å². The lowest BCUT2D eigenvalue weighted by Crippen LogP contribution is -2.45. The second-order valence-corrected chi connectivity index (χ2v) is 9.11. The fraction of sp³-hybridized carbons (Fsp3) is 0.455. The first kappa shape index (κ1) is 14.9. The molecule has 0 saturated carbocycles. The highest BCUT2D eigenvalue weighted by atomic mass is 79.9. The van der Waals surface area contributed by atoms with Crippen LogP contribution in [0.15, 0.2) is 32.8 Å². The monoisotopic (exact) mass is 337 g/mol. The highest BCUT2D eigenvalue weighted by molar-refractivity contribution is 9.11. The summed E-state index contributed by atoms with van der Waals surface area (Å²) in [4.78, 5) is 0. The Kier molecular flexibility index (Phi) is 4.57. The third kappa shape index (κ3) is 3.40. The summed E-state index contributed by atoms with van der Waals surface area (Å²) >= 11 is 4.50. The summed E-state index contributed by atoms with van der Waals surface area (Å²) in [6.07, 6.45) is 1.60. The second kappa shape index (κ2) is 5.22. The summed E-state index contributed by atoms with van der Waals surface area (Å²) in [5, 5.41) is 0. The molecule has 0 aliphatic rings. The number of sulfonamides is 1. The molecule has 0 unspecified atom stereocenters. The van der Waals surface area contributed by atoms with E-state index in [2.05, 4.69) is 22.5 Å². The first-order valence-corrected chi connectivity index (χ1v) is 8.13. The van der Waals surface area contributed by atoms with Crippen molar-refractivity contribution >= 4 is 37.3 Å².